The first-order valence-electron chi connectivity index (χ1n) is 29.1. The number of quaternary nitrogens is 1. The van der Waals surface area contributed by atoms with Crippen LogP contribution in [0.5, 0.6) is 0 Å². The van der Waals surface area contributed by atoms with Crippen molar-refractivity contribution in [3.63, 3.8) is 0 Å². The first-order chi connectivity index (χ1) is 35.6. The molecule has 0 saturated carbocycles. The van der Waals surface area contributed by atoms with Gasteiger partial charge in [-0.05, 0) is 103 Å². The Morgan fingerprint density at radius 2 is 0.781 bits per heavy atom. The first-order valence-corrected chi connectivity index (χ1v) is 29.1. The third kappa shape index (κ3) is 55.5. The SMILES string of the molecule is CC/C=C\C/C=C\C/C=C\C/C=C\C/C=C\C/C=C\CCCCCCCCCCCCC(=O)OC(COC(=O)CCCCCCCC/C=C\C/C=C\C/C=C\CCCCC)COC(OCC[N+](C)(C)C)C(=O)O. The number of aliphatic carboxylic acids is 1. The van der Waals surface area contributed by atoms with Crippen LogP contribution in [0.3, 0.4) is 0 Å². The lowest BCUT2D eigenvalue weighted by atomic mass is 10.0. The molecule has 0 amide bonds. The number of likely N-dealkylation sites (N-methyl/N-ethyl adjacent to an activating group) is 1. The first kappa shape index (κ1) is 69.0. The molecule has 0 radical (unpaired) electrons. The van der Waals surface area contributed by atoms with E-state index in [0.717, 1.165) is 109 Å². The van der Waals surface area contributed by atoms with Crippen LogP contribution in [0.15, 0.2) is 109 Å². The van der Waals surface area contributed by atoms with Crippen molar-refractivity contribution in [2.75, 3.05) is 47.5 Å². The van der Waals surface area contributed by atoms with Gasteiger partial charge in [0.25, 0.3) is 6.29 Å². The molecule has 0 aliphatic heterocycles. The lowest BCUT2D eigenvalue weighted by Crippen LogP contribution is -2.40. The average Bonchev–Trinajstić information content (AvgIpc) is 3.36. The van der Waals surface area contributed by atoms with E-state index in [1.165, 1.54) is 77.0 Å². The van der Waals surface area contributed by atoms with E-state index in [9.17, 15) is 19.5 Å². The quantitative estimate of drug-likeness (QED) is 0.0211. The van der Waals surface area contributed by atoms with Crippen molar-refractivity contribution >= 4 is 17.9 Å². The molecule has 0 heterocycles. The van der Waals surface area contributed by atoms with Gasteiger partial charge in [-0.25, -0.2) is 4.79 Å². The van der Waals surface area contributed by atoms with Crippen LogP contribution < -0.4 is 0 Å². The summed E-state index contributed by atoms with van der Waals surface area (Å²) in [6.07, 6.45) is 71.6. The zero-order valence-corrected chi connectivity index (χ0v) is 47.3. The predicted octanol–water partition coefficient (Wildman–Crippen LogP) is 17.1. The van der Waals surface area contributed by atoms with Gasteiger partial charge in [-0.15, -0.1) is 0 Å². The van der Waals surface area contributed by atoms with Crippen LogP contribution in [0.2, 0.25) is 0 Å². The molecule has 1 N–H and O–H groups in total. The van der Waals surface area contributed by atoms with Crippen LogP contribution in [0.25, 0.3) is 0 Å². The van der Waals surface area contributed by atoms with Gasteiger partial charge < -0.3 is 28.5 Å². The Hall–Kier alpha value is -4.05. The van der Waals surface area contributed by atoms with E-state index in [4.69, 9.17) is 18.9 Å². The Morgan fingerprint density at radius 1 is 0.425 bits per heavy atom. The molecule has 0 aromatic rings. The number of nitrogens with zero attached hydrogens (tertiary/aromatic N) is 1. The van der Waals surface area contributed by atoms with Gasteiger partial charge in [-0.1, -0.05) is 213 Å². The number of ether oxygens (including phenoxy) is 4. The molecule has 9 heteroatoms. The molecule has 0 aliphatic carbocycles. The fourth-order valence-corrected chi connectivity index (χ4v) is 7.55. The third-order valence-electron chi connectivity index (χ3n) is 12.0. The minimum atomic E-state index is -1.52. The molecule has 0 fully saturated rings. The van der Waals surface area contributed by atoms with E-state index < -0.39 is 24.3 Å². The second-order valence-electron chi connectivity index (χ2n) is 20.2. The Bertz CT molecular complexity index is 1560. The molecule has 9 nitrogen and oxygen atoms in total. The summed E-state index contributed by atoms with van der Waals surface area (Å²) in [5.74, 6) is -2.04. The normalized spacial score (nSPS) is 13.6. The van der Waals surface area contributed by atoms with Crippen molar-refractivity contribution in [3.05, 3.63) is 109 Å². The summed E-state index contributed by atoms with van der Waals surface area (Å²) in [6.45, 7) is 4.71. The maximum absolute atomic E-state index is 12.9. The largest absolute Gasteiger partial charge is 0.477 e. The van der Waals surface area contributed by atoms with Crippen LogP contribution in [-0.4, -0.2) is 87.4 Å². The highest BCUT2D eigenvalue weighted by Gasteiger charge is 2.25. The summed E-state index contributed by atoms with van der Waals surface area (Å²) in [5, 5.41) is 9.70. The zero-order valence-electron chi connectivity index (χ0n) is 47.3. The maximum atomic E-state index is 12.9. The van der Waals surface area contributed by atoms with Crippen molar-refractivity contribution in [2.45, 2.75) is 232 Å². The molecule has 416 valence electrons. The molecular formula is C64H108NO8+. The van der Waals surface area contributed by atoms with E-state index in [1.54, 1.807) is 0 Å². The van der Waals surface area contributed by atoms with Gasteiger partial charge in [0, 0.05) is 12.8 Å². The topological polar surface area (TPSA) is 108 Å². The number of unbranched alkanes of at least 4 members (excludes halogenated alkanes) is 19. The van der Waals surface area contributed by atoms with Gasteiger partial charge in [0.1, 0.15) is 13.2 Å². The Labute approximate surface area is 447 Å². The Morgan fingerprint density at radius 3 is 1.16 bits per heavy atom. The standard InChI is InChI=1S/C64H107NO8/c1-6-8-10-12-14-16-18-20-22-24-26-27-28-29-30-31-32-33-34-35-37-39-41-43-45-47-49-51-53-55-62(67)73-60(59-72-64(63(68)69)70-57-56-65(3,4)5)58-71-61(66)54-52-50-48-46-44-42-40-38-36-25-23-21-19-17-15-13-11-9-7-2/h8,10,14-17,20-23,26-27,29-30,32-33,36,38,60,64H,6-7,9,11-13,18-19,24-25,28,31,34-35,37,39-59H2,1-5H3/p+1/b10-8-,16-14-,17-15-,22-20-,23-21-,27-26-,30-29-,33-32-,38-36-. The van der Waals surface area contributed by atoms with Gasteiger partial charge in [0.2, 0.25) is 0 Å². The number of carboxylic acids is 1. The molecule has 73 heavy (non-hydrogen) atoms. The number of hydrogen-bond acceptors (Lipinski definition) is 7. The molecule has 0 saturated heterocycles. The smallest absolute Gasteiger partial charge is 0.361 e. The number of carboxylic acid groups (broad SMARTS) is 1. The summed E-state index contributed by atoms with van der Waals surface area (Å²) < 4.78 is 22.9. The minimum absolute atomic E-state index is 0.179. The Balaban J connectivity index is 4.29. The second-order valence-corrected chi connectivity index (χ2v) is 20.2. The highest BCUT2D eigenvalue weighted by Crippen LogP contribution is 2.15. The molecule has 2 atom stereocenters. The zero-order chi connectivity index (χ0) is 53.4. The third-order valence-corrected chi connectivity index (χ3v) is 12.0. The number of carbonyl (C=O) groups excluding carboxylic acids is 2. The molecule has 0 spiro atoms. The van der Waals surface area contributed by atoms with Gasteiger partial charge in [0.05, 0.1) is 34.4 Å². The number of hydrogen-bond donors (Lipinski definition) is 1. The van der Waals surface area contributed by atoms with Crippen LogP contribution in [-0.2, 0) is 33.3 Å². The number of carbonyl (C=O) groups is 3. The highest BCUT2D eigenvalue weighted by atomic mass is 16.7. The lowest BCUT2D eigenvalue weighted by molar-refractivity contribution is -0.870. The van der Waals surface area contributed by atoms with Gasteiger partial charge in [0.15, 0.2) is 6.10 Å². The highest BCUT2D eigenvalue weighted by molar-refractivity contribution is 5.71. The van der Waals surface area contributed by atoms with Gasteiger partial charge in [-0.3, -0.25) is 9.59 Å². The summed E-state index contributed by atoms with van der Waals surface area (Å²) in [5.41, 5.74) is 0. The molecule has 0 rings (SSSR count). The molecule has 0 aliphatic rings. The van der Waals surface area contributed by atoms with Gasteiger partial charge in [-0.2, -0.15) is 0 Å². The summed E-state index contributed by atoms with van der Waals surface area (Å²) in [6, 6.07) is 0. The average molecular weight is 1020 g/mol. The van der Waals surface area contributed by atoms with Crippen LogP contribution >= 0.6 is 0 Å². The monoisotopic (exact) mass is 1020 g/mol. The maximum Gasteiger partial charge on any atom is 0.361 e. The van der Waals surface area contributed by atoms with Crippen molar-refractivity contribution in [1.29, 1.82) is 0 Å². The van der Waals surface area contributed by atoms with E-state index in [-0.39, 0.29) is 38.6 Å². The van der Waals surface area contributed by atoms with Crippen molar-refractivity contribution in [3.8, 4) is 0 Å². The predicted molar refractivity (Wildman–Crippen MR) is 308 cm³/mol. The van der Waals surface area contributed by atoms with E-state index >= 15 is 0 Å². The summed E-state index contributed by atoms with van der Waals surface area (Å²) >= 11 is 0. The number of esters is 2. The fourth-order valence-electron chi connectivity index (χ4n) is 7.55. The molecule has 0 aromatic carbocycles. The van der Waals surface area contributed by atoms with Crippen molar-refractivity contribution in [2.24, 2.45) is 0 Å². The molecule has 2 unspecified atom stereocenters. The fraction of sp³-hybridized carbons (Fsp3) is 0.672. The van der Waals surface area contributed by atoms with Crippen molar-refractivity contribution < 1.29 is 42.9 Å². The van der Waals surface area contributed by atoms with E-state index in [0.29, 0.717) is 17.4 Å². The molecule has 0 aromatic heterocycles. The Kier molecular flexibility index (Phi) is 51.2. The van der Waals surface area contributed by atoms with Gasteiger partial charge >= 0.3 is 17.9 Å². The van der Waals surface area contributed by atoms with Crippen LogP contribution in [0.4, 0.5) is 0 Å². The number of rotatable bonds is 52. The van der Waals surface area contributed by atoms with Crippen molar-refractivity contribution in [1.82, 2.24) is 0 Å². The molecule has 0 bridgehead atoms. The molecular weight excluding hydrogens is 911 g/mol. The number of allylic oxidation sites excluding steroid dienone is 18. The van der Waals surface area contributed by atoms with E-state index in [2.05, 4.69) is 123 Å². The van der Waals surface area contributed by atoms with E-state index in [1.807, 2.05) is 21.1 Å². The summed E-state index contributed by atoms with van der Waals surface area (Å²) in [4.78, 5) is 37.4. The second kappa shape index (κ2) is 54.2. The van der Waals surface area contributed by atoms with Crippen LogP contribution in [0, 0.1) is 0 Å². The minimum Gasteiger partial charge on any atom is -0.477 e. The lowest BCUT2D eigenvalue weighted by Gasteiger charge is -2.25. The van der Waals surface area contributed by atoms with Crippen LogP contribution in [0.1, 0.15) is 219 Å². The summed E-state index contributed by atoms with van der Waals surface area (Å²) in [7, 11) is 5.95.